The molecule has 164 valence electrons. The number of rotatable bonds is 8. The minimum absolute atomic E-state index is 0. The zero-order valence-electron chi connectivity index (χ0n) is 17.7. The number of nitrogens with zero attached hydrogens (tertiary/aromatic N) is 3. The lowest BCUT2D eigenvalue weighted by Crippen LogP contribution is -2.47. The Bertz CT molecular complexity index is 432. The molecule has 1 N–H and O–H groups in total. The molecule has 3 fully saturated rings. The van der Waals surface area contributed by atoms with Gasteiger partial charge in [-0.25, -0.2) is 0 Å². The van der Waals surface area contributed by atoms with Crippen LogP contribution >= 0.6 is 24.0 Å². The zero-order valence-corrected chi connectivity index (χ0v) is 20.1. The van der Waals surface area contributed by atoms with Gasteiger partial charge in [0.2, 0.25) is 0 Å². The summed E-state index contributed by atoms with van der Waals surface area (Å²) in [6, 6.07) is 0. The normalized spacial score (nSPS) is 25.0. The number of hydrogen-bond donors (Lipinski definition) is 1. The van der Waals surface area contributed by atoms with E-state index in [1.165, 1.54) is 45.3 Å². The molecule has 0 saturated carbocycles. The second kappa shape index (κ2) is 14.0. The Morgan fingerprint density at radius 3 is 2.54 bits per heavy atom. The molecule has 0 spiro atoms. The van der Waals surface area contributed by atoms with Gasteiger partial charge in [0.05, 0.1) is 18.8 Å². The molecule has 3 heterocycles. The van der Waals surface area contributed by atoms with Crippen LogP contribution in [0.15, 0.2) is 4.99 Å². The van der Waals surface area contributed by atoms with Crippen molar-refractivity contribution in [1.82, 2.24) is 15.1 Å². The van der Waals surface area contributed by atoms with Crippen molar-refractivity contribution in [3.8, 4) is 0 Å². The van der Waals surface area contributed by atoms with Gasteiger partial charge >= 0.3 is 0 Å². The molecule has 6 nitrogen and oxygen atoms in total. The topological polar surface area (TPSA) is 49.3 Å². The molecule has 7 heteroatoms. The van der Waals surface area contributed by atoms with E-state index in [1.807, 2.05) is 0 Å². The van der Waals surface area contributed by atoms with Crippen molar-refractivity contribution < 1.29 is 9.47 Å². The summed E-state index contributed by atoms with van der Waals surface area (Å²) >= 11 is 0. The van der Waals surface area contributed by atoms with E-state index >= 15 is 0 Å². The maximum Gasteiger partial charge on any atom is 0.193 e. The summed E-state index contributed by atoms with van der Waals surface area (Å²) in [4.78, 5) is 9.87. The van der Waals surface area contributed by atoms with Crippen LogP contribution in [0, 0.1) is 0 Å². The van der Waals surface area contributed by atoms with Crippen LogP contribution < -0.4 is 5.32 Å². The minimum atomic E-state index is 0. The van der Waals surface area contributed by atoms with E-state index in [1.54, 1.807) is 0 Å². The summed E-state index contributed by atoms with van der Waals surface area (Å²) in [6.07, 6.45) is 10.4. The third-order valence-corrected chi connectivity index (χ3v) is 5.96. The number of hydrogen-bond acceptors (Lipinski definition) is 4. The minimum Gasteiger partial charge on any atom is -0.376 e. The van der Waals surface area contributed by atoms with Crippen LogP contribution in [0.3, 0.4) is 0 Å². The van der Waals surface area contributed by atoms with Gasteiger partial charge in [-0.15, -0.1) is 24.0 Å². The highest BCUT2D eigenvalue weighted by molar-refractivity contribution is 14.0. The lowest BCUT2D eigenvalue weighted by Gasteiger charge is -2.35. The summed E-state index contributed by atoms with van der Waals surface area (Å²) in [5, 5.41) is 3.48. The molecule has 1 atom stereocenters. The zero-order chi connectivity index (χ0) is 18.7. The smallest absolute Gasteiger partial charge is 0.193 e. The number of guanidine groups is 1. The maximum atomic E-state index is 6.15. The molecule has 3 aliphatic rings. The summed E-state index contributed by atoms with van der Waals surface area (Å²) in [5.74, 6) is 1.09. The Labute approximate surface area is 188 Å². The number of aliphatic imine (C=N–C) groups is 1. The van der Waals surface area contributed by atoms with Crippen molar-refractivity contribution in [3.63, 3.8) is 0 Å². The Morgan fingerprint density at radius 2 is 1.86 bits per heavy atom. The summed E-state index contributed by atoms with van der Waals surface area (Å²) in [6.45, 7) is 11.5. The van der Waals surface area contributed by atoms with Gasteiger partial charge in [-0.05, 0) is 77.9 Å². The molecule has 0 bridgehead atoms. The van der Waals surface area contributed by atoms with E-state index in [0.717, 1.165) is 71.0 Å². The first-order valence-corrected chi connectivity index (χ1v) is 11.3. The molecule has 3 rings (SSSR count). The monoisotopic (exact) mass is 508 g/mol. The fraction of sp³-hybridized carbons (Fsp3) is 0.952. The molecule has 0 amide bonds. The molecule has 3 saturated heterocycles. The molecule has 0 aromatic heterocycles. The Morgan fingerprint density at radius 1 is 1.07 bits per heavy atom. The number of halogens is 1. The van der Waals surface area contributed by atoms with Crippen LogP contribution in [0.4, 0.5) is 0 Å². The second-order valence-corrected chi connectivity index (χ2v) is 8.15. The van der Waals surface area contributed by atoms with Gasteiger partial charge in [-0.2, -0.15) is 0 Å². The van der Waals surface area contributed by atoms with Gasteiger partial charge in [0.1, 0.15) is 0 Å². The third kappa shape index (κ3) is 8.32. The molecular weight excluding hydrogens is 467 g/mol. The predicted molar refractivity (Wildman–Crippen MR) is 126 cm³/mol. The van der Waals surface area contributed by atoms with Crippen LogP contribution in [0.1, 0.15) is 58.3 Å². The lowest BCUT2D eigenvalue weighted by atomic mass is 10.1. The number of likely N-dealkylation sites (tertiary alicyclic amines) is 2. The molecule has 0 aromatic carbocycles. The van der Waals surface area contributed by atoms with Crippen LogP contribution in [0.2, 0.25) is 0 Å². The van der Waals surface area contributed by atoms with Crippen molar-refractivity contribution in [2.75, 3.05) is 59.0 Å². The largest absolute Gasteiger partial charge is 0.376 e. The first-order chi connectivity index (χ1) is 13.3. The first-order valence-electron chi connectivity index (χ1n) is 11.3. The summed E-state index contributed by atoms with van der Waals surface area (Å²) in [5.41, 5.74) is 0. The van der Waals surface area contributed by atoms with Crippen LogP contribution in [0.5, 0.6) is 0 Å². The highest BCUT2D eigenvalue weighted by atomic mass is 127. The fourth-order valence-corrected chi connectivity index (χ4v) is 4.33. The van der Waals surface area contributed by atoms with Crippen molar-refractivity contribution in [3.05, 3.63) is 0 Å². The molecule has 0 aliphatic carbocycles. The molecule has 0 radical (unpaired) electrons. The second-order valence-electron chi connectivity index (χ2n) is 8.15. The van der Waals surface area contributed by atoms with Crippen LogP contribution in [-0.4, -0.2) is 87.0 Å². The maximum absolute atomic E-state index is 6.15. The first kappa shape index (κ1) is 24.2. The molecule has 0 aromatic rings. The quantitative estimate of drug-likeness (QED) is 0.236. The van der Waals surface area contributed by atoms with Gasteiger partial charge in [-0.3, -0.25) is 4.99 Å². The summed E-state index contributed by atoms with van der Waals surface area (Å²) < 4.78 is 11.9. The Kier molecular flexibility index (Phi) is 12.1. The number of nitrogens with one attached hydrogen (secondary N) is 1. The van der Waals surface area contributed by atoms with Gasteiger partial charge in [-0.1, -0.05) is 0 Å². The molecule has 1 unspecified atom stereocenters. The Hall–Kier alpha value is -0.120. The van der Waals surface area contributed by atoms with Gasteiger partial charge in [0.25, 0.3) is 0 Å². The molecule has 3 aliphatic heterocycles. The number of ether oxygens (including phenoxy) is 2. The summed E-state index contributed by atoms with van der Waals surface area (Å²) in [7, 11) is 0. The van der Waals surface area contributed by atoms with E-state index < -0.39 is 0 Å². The highest BCUT2D eigenvalue weighted by Crippen LogP contribution is 2.18. The fourth-order valence-electron chi connectivity index (χ4n) is 4.33. The number of piperidine rings is 1. The Balaban J connectivity index is 0.00000280. The van der Waals surface area contributed by atoms with Crippen molar-refractivity contribution in [1.29, 1.82) is 0 Å². The highest BCUT2D eigenvalue weighted by Gasteiger charge is 2.23. The van der Waals surface area contributed by atoms with Gasteiger partial charge in [0, 0.05) is 32.8 Å². The average molecular weight is 508 g/mol. The van der Waals surface area contributed by atoms with Crippen LogP contribution in [-0.2, 0) is 9.47 Å². The standard InChI is InChI=1S/C21H40N4O2.HI/c1-2-22-21(23-11-7-14-24-12-4-5-13-24)25-15-9-19(10-16-25)27-18-20-8-3-6-17-26-20;/h19-20H,2-18H2,1H3,(H,22,23);1H. The van der Waals surface area contributed by atoms with Crippen LogP contribution in [0.25, 0.3) is 0 Å². The van der Waals surface area contributed by atoms with E-state index in [0.29, 0.717) is 12.2 Å². The van der Waals surface area contributed by atoms with Crippen molar-refractivity contribution in [2.45, 2.75) is 70.5 Å². The van der Waals surface area contributed by atoms with E-state index in [9.17, 15) is 0 Å². The lowest BCUT2D eigenvalue weighted by molar-refractivity contribution is -0.0721. The molecule has 28 heavy (non-hydrogen) atoms. The van der Waals surface area contributed by atoms with Crippen molar-refractivity contribution in [2.24, 2.45) is 4.99 Å². The van der Waals surface area contributed by atoms with Crippen molar-refractivity contribution >= 4 is 29.9 Å². The predicted octanol–water partition coefficient (Wildman–Crippen LogP) is 3.11. The average Bonchev–Trinajstić information content (AvgIpc) is 3.24. The third-order valence-electron chi connectivity index (χ3n) is 5.96. The van der Waals surface area contributed by atoms with E-state index in [-0.39, 0.29) is 24.0 Å². The van der Waals surface area contributed by atoms with Gasteiger partial charge < -0.3 is 24.6 Å². The molecular formula is C21H41IN4O2. The van der Waals surface area contributed by atoms with Gasteiger partial charge in [0.15, 0.2) is 5.96 Å². The SMILES string of the molecule is CCNC(=NCCCN1CCCC1)N1CCC(OCC2CCCCO2)CC1.I. The van der Waals surface area contributed by atoms with E-state index in [4.69, 9.17) is 14.5 Å². The van der Waals surface area contributed by atoms with E-state index in [2.05, 4.69) is 22.0 Å².